The van der Waals surface area contributed by atoms with Gasteiger partial charge < -0.3 is 19.9 Å². The van der Waals surface area contributed by atoms with Crippen LogP contribution in [0.25, 0.3) is 11.0 Å². The zero-order chi connectivity index (χ0) is 21.1. The van der Waals surface area contributed by atoms with E-state index >= 15 is 0 Å². The average Bonchev–Trinajstić information content (AvgIpc) is 2.94. The van der Waals surface area contributed by atoms with Gasteiger partial charge in [-0.1, -0.05) is 23.2 Å². The van der Waals surface area contributed by atoms with Crippen LogP contribution in [0.1, 0.15) is 33.0 Å². The maximum absolute atomic E-state index is 12.7. The van der Waals surface area contributed by atoms with E-state index in [9.17, 15) is 9.59 Å². The van der Waals surface area contributed by atoms with Crippen LogP contribution in [0.3, 0.4) is 0 Å². The average molecular weight is 447 g/mol. The fraction of sp³-hybridized carbons (Fsp3) is 0.286. The monoisotopic (exact) mass is 446 g/mol. The molecule has 1 aromatic heterocycles. The molecule has 9 heteroatoms. The van der Waals surface area contributed by atoms with Crippen molar-refractivity contribution in [2.24, 2.45) is 0 Å². The smallest absolute Gasteiger partial charge is 0.255 e. The summed E-state index contributed by atoms with van der Waals surface area (Å²) in [6.07, 6.45) is 0.790. The number of H-pyrrole nitrogens is 1. The van der Waals surface area contributed by atoms with E-state index in [1.165, 1.54) is 6.07 Å². The Morgan fingerprint density at radius 2 is 2.00 bits per heavy atom. The molecular formula is C21H20Cl2N4O3. The first kappa shape index (κ1) is 20.7. The van der Waals surface area contributed by atoms with Crippen LogP contribution in [0, 0.1) is 0 Å². The number of nitrogens with one attached hydrogen (secondary N) is 2. The molecule has 2 heterocycles. The minimum absolute atomic E-state index is 0.154. The van der Waals surface area contributed by atoms with E-state index in [0.717, 1.165) is 17.5 Å². The Bertz CT molecular complexity index is 1090. The van der Waals surface area contributed by atoms with Crippen LogP contribution < -0.4 is 5.32 Å². The van der Waals surface area contributed by atoms with Gasteiger partial charge in [0.15, 0.2) is 0 Å². The lowest BCUT2D eigenvalue weighted by Crippen LogP contribution is -2.33. The van der Waals surface area contributed by atoms with Crippen LogP contribution in [0.4, 0.5) is 0 Å². The summed E-state index contributed by atoms with van der Waals surface area (Å²) in [4.78, 5) is 34.5. The zero-order valence-corrected chi connectivity index (χ0v) is 17.6. The Kier molecular flexibility index (Phi) is 6.22. The lowest BCUT2D eigenvalue weighted by molar-refractivity contribution is 0.0741. The fourth-order valence-electron chi connectivity index (χ4n) is 3.33. The molecule has 30 heavy (non-hydrogen) atoms. The third kappa shape index (κ3) is 4.59. The number of fused-ring (bicyclic) bond motifs is 1. The Morgan fingerprint density at radius 3 is 2.83 bits per heavy atom. The van der Waals surface area contributed by atoms with Crippen LogP contribution in [-0.4, -0.2) is 53.0 Å². The number of ether oxygens (including phenoxy) is 1. The molecule has 0 bridgehead atoms. The molecule has 0 radical (unpaired) electrons. The second-order valence-corrected chi connectivity index (χ2v) is 7.82. The normalized spacial score (nSPS) is 14.5. The summed E-state index contributed by atoms with van der Waals surface area (Å²) in [5, 5.41) is 3.66. The topological polar surface area (TPSA) is 87.3 Å². The molecular weight excluding hydrogens is 427 g/mol. The second-order valence-electron chi connectivity index (χ2n) is 6.98. The third-order valence-corrected chi connectivity index (χ3v) is 5.43. The van der Waals surface area contributed by atoms with Gasteiger partial charge in [0, 0.05) is 30.3 Å². The van der Waals surface area contributed by atoms with E-state index in [2.05, 4.69) is 15.3 Å². The molecule has 0 atom stereocenters. The number of aromatic nitrogens is 2. The maximum Gasteiger partial charge on any atom is 0.255 e. The van der Waals surface area contributed by atoms with Crippen LogP contribution in [-0.2, 0) is 11.3 Å². The van der Waals surface area contributed by atoms with Crippen molar-refractivity contribution in [2.45, 2.75) is 13.0 Å². The van der Waals surface area contributed by atoms with E-state index in [4.69, 9.17) is 27.9 Å². The van der Waals surface area contributed by atoms with Crippen molar-refractivity contribution in [3.05, 3.63) is 63.4 Å². The summed E-state index contributed by atoms with van der Waals surface area (Å²) in [6, 6.07) is 10.1. The van der Waals surface area contributed by atoms with Crippen molar-refractivity contribution >= 4 is 46.0 Å². The molecule has 0 spiro atoms. The molecule has 2 N–H and O–H groups in total. The van der Waals surface area contributed by atoms with Crippen LogP contribution in [0.2, 0.25) is 10.0 Å². The van der Waals surface area contributed by atoms with Gasteiger partial charge in [-0.3, -0.25) is 9.59 Å². The molecule has 2 aromatic carbocycles. The number of halogens is 2. The minimum atomic E-state index is -0.308. The minimum Gasteiger partial charge on any atom is -0.380 e. The van der Waals surface area contributed by atoms with Crippen LogP contribution in [0.5, 0.6) is 0 Å². The fourth-order valence-corrected chi connectivity index (χ4v) is 3.77. The highest BCUT2D eigenvalue weighted by Crippen LogP contribution is 2.21. The lowest BCUT2D eigenvalue weighted by atomic mass is 10.1. The summed E-state index contributed by atoms with van der Waals surface area (Å²) < 4.78 is 5.39. The number of carbonyl (C=O) groups excluding carboxylic acids is 2. The van der Waals surface area contributed by atoms with Gasteiger partial charge in [0.1, 0.15) is 5.82 Å². The Morgan fingerprint density at radius 1 is 1.13 bits per heavy atom. The SMILES string of the molecule is O=C(NCc1nc2ccc(Cl)cc2[nH]1)c1ccc(C(=O)N2CCCOCC2)c(Cl)c1. The number of amides is 2. The number of hydrogen-bond acceptors (Lipinski definition) is 4. The standard InChI is InChI=1S/C21H20Cl2N4O3/c22-14-3-5-17-18(11-14)26-19(25-17)12-24-20(28)13-2-4-15(16(23)10-13)21(29)27-6-1-8-30-9-7-27/h2-5,10-11H,1,6-9,12H2,(H,24,28)(H,25,26). The highest BCUT2D eigenvalue weighted by molar-refractivity contribution is 6.34. The van der Waals surface area contributed by atoms with Gasteiger partial charge in [-0.15, -0.1) is 0 Å². The highest BCUT2D eigenvalue weighted by Gasteiger charge is 2.21. The predicted octanol–water partition coefficient (Wildman–Crippen LogP) is 3.66. The molecule has 1 fully saturated rings. The number of benzene rings is 2. The van der Waals surface area contributed by atoms with Crippen molar-refractivity contribution in [3.63, 3.8) is 0 Å². The molecule has 3 aromatic rings. The third-order valence-electron chi connectivity index (χ3n) is 4.88. The van der Waals surface area contributed by atoms with Crippen molar-refractivity contribution in [1.29, 1.82) is 0 Å². The van der Waals surface area contributed by atoms with E-state index in [1.807, 2.05) is 6.07 Å². The Labute approximate surface area is 183 Å². The quantitative estimate of drug-likeness (QED) is 0.639. The first-order valence-corrected chi connectivity index (χ1v) is 10.4. The van der Waals surface area contributed by atoms with E-state index in [1.54, 1.807) is 29.2 Å². The van der Waals surface area contributed by atoms with Gasteiger partial charge in [-0.25, -0.2) is 4.98 Å². The van der Waals surface area contributed by atoms with Crippen LogP contribution >= 0.6 is 23.2 Å². The molecule has 1 saturated heterocycles. The first-order chi connectivity index (χ1) is 14.5. The summed E-state index contributed by atoms with van der Waals surface area (Å²) in [7, 11) is 0. The summed E-state index contributed by atoms with van der Waals surface area (Å²) in [5.41, 5.74) is 2.32. The van der Waals surface area contributed by atoms with Crippen molar-refractivity contribution < 1.29 is 14.3 Å². The highest BCUT2D eigenvalue weighted by atomic mass is 35.5. The van der Waals surface area contributed by atoms with Gasteiger partial charge in [-0.2, -0.15) is 0 Å². The molecule has 0 unspecified atom stereocenters. The number of carbonyl (C=O) groups is 2. The van der Waals surface area contributed by atoms with Gasteiger partial charge in [0.2, 0.25) is 0 Å². The van der Waals surface area contributed by atoms with Gasteiger partial charge >= 0.3 is 0 Å². The molecule has 0 saturated carbocycles. The largest absolute Gasteiger partial charge is 0.380 e. The number of aromatic amines is 1. The summed E-state index contributed by atoms with van der Waals surface area (Å²) >= 11 is 12.3. The number of nitrogens with zero attached hydrogens (tertiary/aromatic N) is 2. The molecule has 7 nitrogen and oxygen atoms in total. The molecule has 1 aliphatic rings. The molecule has 2 amide bonds. The van der Waals surface area contributed by atoms with Crippen molar-refractivity contribution in [3.8, 4) is 0 Å². The number of rotatable bonds is 4. The Balaban J connectivity index is 1.42. The maximum atomic E-state index is 12.7. The van der Waals surface area contributed by atoms with E-state index < -0.39 is 0 Å². The summed E-state index contributed by atoms with van der Waals surface area (Å²) in [5.74, 6) is 0.151. The van der Waals surface area contributed by atoms with Crippen molar-refractivity contribution in [2.75, 3.05) is 26.3 Å². The number of imidazole rings is 1. The predicted molar refractivity (Wildman–Crippen MR) is 115 cm³/mol. The van der Waals surface area contributed by atoms with E-state index in [-0.39, 0.29) is 23.4 Å². The van der Waals surface area contributed by atoms with Gasteiger partial charge in [0.05, 0.1) is 34.8 Å². The lowest BCUT2D eigenvalue weighted by Gasteiger charge is -2.20. The van der Waals surface area contributed by atoms with E-state index in [0.29, 0.717) is 48.3 Å². The Hall–Kier alpha value is -2.61. The summed E-state index contributed by atoms with van der Waals surface area (Å²) in [6.45, 7) is 2.53. The van der Waals surface area contributed by atoms with Crippen molar-refractivity contribution in [1.82, 2.24) is 20.2 Å². The second kappa shape index (κ2) is 9.04. The molecule has 0 aliphatic carbocycles. The zero-order valence-electron chi connectivity index (χ0n) is 16.1. The first-order valence-electron chi connectivity index (χ1n) is 9.60. The molecule has 156 valence electrons. The van der Waals surface area contributed by atoms with Gasteiger partial charge in [0.25, 0.3) is 11.8 Å². The van der Waals surface area contributed by atoms with Gasteiger partial charge in [-0.05, 0) is 42.8 Å². The number of hydrogen-bond donors (Lipinski definition) is 2. The molecule has 1 aliphatic heterocycles. The van der Waals surface area contributed by atoms with Crippen LogP contribution in [0.15, 0.2) is 36.4 Å². The molecule has 4 rings (SSSR count).